The highest BCUT2D eigenvalue weighted by molar-refractivity contribution is 7.22. The lowest BCUT2D eigenvalue weighted by Crippen LogP contribution is -2.12. The van der Waals surface area contributed by atoms with Crippen LogP contribution in [0.5, 0.6) is 0 Å². The zero-order chi connectivity index (χ0) is 13.2. The van der Waals surface area contributed by atoms with Crippen LogP contribution in [0, 0.1) is 0 Å². The van der Waals surface area contributed by atoms with Crippen molar-refractivity contribution in [3.63, 3.8) is 0 Å². The average molecular weight is 290 g/mol. The maximum Gasteiger partial charge on any atom is 0.259 e. The van der Waals surface area contributed by atoms with Gasteiger partial charge in [0.2, 0.25) is 0 Å². The van der Waals surface area contributed by atoms with Gasteiger partial charge in [0.15, 0.2) is 5.13 Å². The lowest BCUT2D eigenvalue weighted by molar-refractivity contribution is 0.102. The van der Waals surface area contributed by atoms with Gasteiger partial charge in [0.05, 0.1) is 20.8 Å². The maximum absolute atomic E-state index is 12.1. The number of aromatic nitrogens is 2. The molecule has 0 unspecified atom stereocenters. The standard InChI is InChI=1S/C13H8ClN3OS/c14-9-7-15-6-5-8(9)12(18)17-13-16-10-3-1-2-4-11(10)19-13/h1-7H,(H,16,17,18). The van der Waals surface area contributed by atoms with Gasteiger partial charge in [0.25, 0.3) is 5.91 Å². The molecule has 0 radical (unpaired) electrons. The molecule has 0 saturated carbocycles. The van der Waals surface area contributed by atoms with Gasteiger partial charge >= 0.3 is 0 Å². The van der Waals surface area contributed by atoms with Crippen molar-refractivity contribution < 1.29 is 4.79 Å². The summed E-state index contributed by atoms with van der Waals surface area (Å²) in [5.41, 5.74) is 1.25. The van der Waals surface area contributed by atoms with E-state index in [1.807, 2.05) is 24.3 Å². The molecule has 2 heterocycles. The van der Waals surface area contributed by atoms with Crippen molar-refractivity contribution in [2.75, 3.05) is 5.32 Å². The van der Waals surface area contributed by atoms with E-state index in [4.69, 9.17) is 11.6 Å². The van der Waals surface area contributed by atoms with Crippen molar-refractivity contribution in [2.45, 2.75) is 0 Å². The summed E-state index contributed by atoms with van der Waals surface area (Å²) in [5.74, 6) is -0.286. The van der Waals surface area contributed by atoms with Gasteiger partial charge in [0, 0.05) is 12.4 Å². The van der Waals surface area contributed by atoms with Crippen molar-refractivity contribution in [1.82, 2.24) is 9.97 Å². The first-order chi connectivity index (χ1) is 9.24. The largest absolute Gasteiger partial charge is 0.298 e. The normalized spacial score (nSPS) is 10.6. The zero-order valence-corrected chi connectivity index (χ0v) is 11.2. The molecule has 94 valence electrons. The van der Waals surface area contributed by atoms with E-state index in [2.05, 4.69) is 15.3 Å². The topological polar surface area (TPSA) is 54.9 Å². The minimum Gasteiger partial charge on any atom is -0.298 e. The Balaban J connectivity index is 1.89. The second-order valence-corrected chi connectivity index (χ2v) is 5.23. The van der Waals surface area contributed by atoms with E-state index < -0.39 is 0 Å². The summed E-state index contributed by atoms with van der Waals surface area (Å²) in [4.78, 5) is 20.2. The van der Waals surface area contributed by atoms with E-state index in [-0.39, 0.29) is 5.91 Å². The molecule has 1 amide bonds. The SMILES string of the molecule is O=C(Nc1nc2ccccc2s1)c1ccncc1Cl. The Hall–Kier alpha value is -1.98. The molecule has 1 aromatic carbocycles. The molecule has 19 heavy (non-hydrogen) atoms. The molecular weight excluding hydrogens is 282 g/mol. The minimum absolute atomic E-state index is 0.286. The zero-order valence-electron chi connectivity index (χ0n) is 9.63. The number of amides is 1. The van der Waals surface area contributed by atoms with Crippen LogP contribution in [0.2, 0.25) is 5.02 Å². The number of nitrogens with zero attached hydrogens (tertiary/aromatic N) is 2. The number of benzene rings is 1. The van der Waals surface area contributed by atoms with Crippen LogP contribution in [0.1, 0.15) is 10.4 Å². The number of pyridine rings is 1. The molecule has 2 aromatic heterocycles. The third-order valence-electron chi connectivity index (χ3n) is 2.53. The molecule has 3 rings (SSSR count). The fourth-order valence-electron chi connectivity index (χ4n) is 1.65. The monoisotopic (exact) mass is 289 g/mol. The summed E-state index contributed by atoms with van der Waals surface area (Å²) in [5, 5.41) is 3.62. The van der Waals surface area contributed by atoms with Crippen molar-refractivity contribution in [2.24, 2.45) is 0 Å². The van der Waals surface area contributed by atoms with Gasteiger partial charge in [-0.2, -0.15) is 0 Å². The van der Waals surface area contributed by atoms with Crippen LogP contribution in [0.25, 0.3) is 10.2 Å². The Labute approximate surface area is 118 Å². The number of fused-ring (bicyclic) bond motifs is 1. The number of nitrogens with one attached hydrogen (secondary N) is 1. The number of hydrogen-bond donors (Lipinski definition) is 1. The molecule has 0 bridgehead atoms. The third kappa shape index (κ3) is 2.43. The second-order valence-electron chi connectivity index (χ2n) is 3.80. The molecule has 4 nitrogen and oxygen atoms in total. The van der Waals surface area contributed by atoms with E-state index >= 15 is 0 Å². The highest BCUT2D eigenvalue weighted by atomic mass is 35.5. The molecule has 1 N–H and O–H groups in total. The van der Waals surface area contributed by atoms with Crippen LogP contribution >= 0.6 is 22.9 Å². The van der Waals surface area contributed by atoms with Crippen LogP contribution < -0.4 is 5.32 Å². The summed E-state index contributed by atoms with van der Waals surface area (Å²) in [6, 6.07) is 9.28. The van der Waals surface area contributed by atoms with E-state index in [0.717, 1.165) is 10.2 Å². The quantitative estimate of drug-likeness (QED) is 0.784. The molecule has 0 atom stereocenters. The van der Waals surface area contributed by atoms with Gasteiger partial charge in [-0.15, -0.1) is 0 Å². The van der Waals surface area contributed by atoms with Gasteiger partial charge in [-0.1, -0.05) is 35.1 Å². The Kier molecular flexibility index (Phi) is 3.15. The molecule has 0 aliphatic heterocycles. The molecule has 0 saturated heterocycles. The molecule has 6 heteroatoms. The van der Waals surface area contributed by atoms with Gasteiger partial charge in [-0.3, -0.25) is 15.1 Å². The van der Waals surface area contributed by atoms with E-state index in [9.17, 15) is 4.79 Å². The fourth-order valence-corrected chi connectivity index (χ4v) is 2.72. The van der Waals surface area contributed by atoms with Crippen LogP contribution in [-0.2, 0) is 0 Å². The number of thiazole rings is 1. The second kappa shape index (κ2) is 4.95. The predicted molar refractivity (Wildman–Crippen MR) is 76.8 cm³/mol. The maximum atomic E-state index is 12.1. The summed E-state index contributed by atoms with van der Waals surface area (Å²) in [7, 11) is 0. The van der Waals surface area contributed by atoms with Crippen LogP contribution in [0.4, 0.5) is 5.13 Å². The summed E-state index contributed by atoms with van der Waals surface area (Å²) in [6.45, 7) is 0. The summed E-state index contributed by atoms with van der Waals surface area (Å²) >= 11 is 7.35. The summed E-state index contributed by atoms with van der Waals surface area (Å²) < 4.78 is 1.03. The minimum atomic E-state index is -0.286. The Bertz CT molecular complexity index is 723. The number of hydrogen-bond acceptors (Lipinski definition) is 4. The number of anilines is 1. The first-order valence-corrected chi connectivity index (χ1v) is 6.70. The van der Waals surface area contributed by atoms with Gasteiger partial charge in [-0.05, 0) is 18.2 Å². The highest BCUT2D eigenvalue weighted by Crippen LogP contribution is 2.26. The fraction of sp³-hybridized carbons (Fsp3) is 0. The van der Waals surface area contributed by atoms with Crippen LogP contribution in [0.3, 0.4) is 0 Å². The van der Waals surface area contributed by atoms with Gasteiger partial charge in [0.1, 0.15) is 0 Å². The van der Waals surface area contributed by atoms with Crippen molar-refractivity contribution in [3.8, 4) is 0 Å². The van der Waals surface area contributed by atoms with Gasteiger partial charge in [-0.25, -0.2) is 4.98 Å². The number of halogens is 1. The Morgan fingerprint density at radius 2 is 2.11 bits per heavy atom. The molecule has 0 fully saturated rings. The molecule has 0 aliphatic rings. The summed E-state index contributed by atoms with van der Waals surface area (Å²) in [6.07, 6.45) is 2.97. The van der Waals surface area contributed by atoms with Crippen molar-refractivity contribution in [3.05, 3.63) is 53.3 Å². The number of carbonyl (C=O) groups excluding carboxylic acids is 1. The average Bonchev–Trinajstić information content (AvgIpc) is 2.81. The lowest BCUT2D eigenvalue weighted by atomic mass is 10.2. The lowest BCUT2D eigenvalue weighted by Gasteiger charge is -2.02. The van der Waals surface area contributed by atoms with Crippen molar-refractivity contribution >= 4 is 44.2 Å². The van der Waals surface area contributed by atoms with E-state index in [1.165, 1.54) is 23.7 Å². The first-order valence-electron chi connectivity index (χ1n) is 5.50. The highest BCUT2D eigenvalue weighted by Gasteiger charge is 2.12. The smallest absolute Gasteiger partial charge is 0.259 e. The number of carbonyl (C=O) groups is 1. The Morgan fingerprint density at radius 3 is 2.89 bits per heavy atom. The number of para-hydroxylation sites is 1. The molecular formula is C13H8ClN3OS. The third-order valence-corrected chi connectivity index (χ3v) is 3.78. The molecule has 0 aliphatic carbocycles. The van der Waals surface area contributed by atoms with E-state index in [1.54, 1.807) is 6.07 Å². The Morgan fingerprint density at radius 1 is 1.26 bits per heavy atom. The molecule has 0 spiro atoms. The van der Waals surface area contributed by atoms with Crippen molar-refractivity contribution in [1.29, 1.82) is 0 Å². The number of rotatable bonds is 2. The molecule has 3 aromatic rings. The van der Waals surface area contributed by atoms with Gasteiger partial charge < -0.3 is 0 Å². The van der Waals surface area contributed by atoms with E-state index in [0.29, 0.717) is 15.7 Å². The van der Waals surface area contributed by atoms with Crippen LogP contribution in [0.15, 0.2) is 42.7 Å². The van der Waals surface area contributed by atoms with Crippen LogP contribution in [-0.4, -0.2) is 15.9 Å². The predicted octanol–water partition coefficient (Wildman–Crippen LogP) is 3.60. The first kappa shape index (κ1) is 12.1.